The van der Waals surface area contributed by atoms with Crippen LogP contribution >= 0.6 is 0 Å². The Hall–Kier alpha value is -16.5. The number of hydrogen-bond acceptors (Lipinski definition) is 14. The van der Waals surface area contributed by atoms with Crippen molar-refractivity contribution in [2.24, 2.45) is 46.6 Å². The summed E-state index contributed by atoms with van der Waals surface area (Å²) in [5.41, 5.74) is 37.2. The van der Waals surface area contributed by atoms with Gasteiger partial charge in [-0.3, -0.25) is 55.2 Å². The molecule has 0 heterocycles. The van der Waals surface area contributed by atoms with Crippen molar-refractivity contribution >= 4 is 77.0 Å². The van der Waals surface area contributed by atoms with Gasteiger partial charge in [0.05, 0.1) is 50.7 Å². The summed E-state index contributed by atoms with van der Waals surface area (Å²) < 4.78 is 15.7. The number of carbonyl (C=O) groups is 7. The van der Waals surface area contributed by atoms with Crippen LogP contribution in [0.15, 0.2) is 376 Å². The number of nitrogen functional groups attached to an aromatic ring is 4. The largest absolute Gasteiger partial charge is 0.469 e. The van der Waals surface area contributed by atoms with Crippen LogP contribution in [0.1, 0.15) is 135 Å². The standard InChI is InChI=1S/C33H33N3O3.C28H29N3O3.C27H29N3O3.C26H27N3O/c1-39-33(38)29(22-24-11-8-14-28(21-24)31(34)35)30(20-15-23-9-4-2-5-10-23)36-32(37)27-18-16-26(17-19-27)25-12-6-3-7-13-25;1-2-34-28(33)24(19-21-12-9-15-23(18-21)26(29)30)25(17-16-20-10-5-3-6-11-20)31-27(32)22-13-7-4-8-14-22;1-33-27(32)23(18-20-11-8-14-22(17-20)25(28)29)24(16-15-19-9-4-2-5-10-19)30-26(31)21-12-6-3-7-13-21;1-19(17-21-11-8-14-23(18-21)25(27)28)24(16-15-20-9-4-2-5-10-20)29-26(30)22-12-6-3-7-13-22/h2-14,16-19,21,29-30H,15,20,22H2,1H3,(H3,34,35)(H,36,37);3-18,24-25H,2,19H2,1H3,(H3,29,30)(H,31,32);2-14,17,23-24H,15-16,18H2,1H3,(H3,28,29)(H,30,31);2-16,18-19,24H,17H2,1H3,(H3,27,28)(H,29,30)/b;17-16+;;16-15+/t;;;19-,24?/m...1/s1. The second kappa shape index (κ2) is 53.7. The normalized spacial score (nSPS) is 12.5. The highest BCUT2D eigenvalue weighted by Gasteiger charge is 2.35. The molecular formula is C114H118N12O10. The summed E-state index contributed by atoms with van der Waals surface area (Å²) in [5, 5.41) is 43.2. The quantitative estimate of drug-likeness (QED) is 0.00738. The van der Waals surface area contributed by atoms with Crippen LogP contribution in [-0.2, 0) is 67.1 Å². The summed E-state index contributed by atoms with van der Waals surface area (Å²) in [6.45, 7) is 4.10. The van der Waals surface area contributed by atoms with E-state index in [9.17, 15) is 33.6 Å². The molecule has 22 heteroatoms. The molecule has 0 spiro atoms. The topological polar surface area (TPSA) is 395 Å². The van der Waals surface area contributed by atoms with Crippen LogP contribution in [0.2, 0.25) is 0 Å². The molecule has 13 aromatic rings. The number of esters is 3. The van der Waals surface area contributed by atoms with Crippen molar-refractivity contribution in [3.05, 3.63) is 465 Å². The fourth-order valence-corrected chi connectivity index (χ4v) is 15.5. The van der Waals surface area contributed by atoms with Crippen molar-refractivity contribution in [2.75, 3.05) is 20.8 Å². The molecule has 7 unspecified atom stereocenters. The molecule has 0 aliphatic heterocycles. The van der Waals surface area contributed by atoms with Gasteiger partial charge in [-0.05, 0) is 193 Å². The fourth-order valence-electron chi connectivity index (χ4n) is 15.5. The molecule has 136 heavy (non-hydrogen) atoms. The molecule has 0 aliphatic rings. The summed E-state index contributed by atoms with van der Waals surface area (Å²) in [6, 6.07) is 112. The van der Waals surface area contributed by atoms with Gasteiger partial charge in [0.25, 0.3) is 23.6 Å². The third-order valence-electron chi connectivity index (χ3n) is 22.8. The minimum Gasteiger partial charge on any atom is -0.469 e. The van der Waals surface area contributed by atoms with E-state index < -0.39 is 53.8 Å². The number of ether oxygens (including phenoxy) is 3. The van der Waals surface area contributed by atoms with Gasteiger partial charge in [-0.1, -0.05) is 322 Å². The lowest BCUT2D eigenvalue weighted by Gasteiger charge is -2.27. The smallest absolute Gasteiger partial charge is 0.311 e. The fraction of sp³-hybridized carbons (Fsp3) is 0.184. The van der Waals surface area contributed by atoms with Crippen molar-refractivity contribution < 1.29 is 47.8 Å². The zero-order valence-electron chi connectivity index (χ0n) is 76.8. The third kappa shape index (κ3) is 32.8. The number of aryl methyl sites for hydroxylation is 2. The molecule has 0 aliphatic carbocycles. The Kier molecular flexibility index (Phi) is 40.2. The molecule has 0 saturated carbocycles. The van der Waals surface area contributed by atoms with Gasteiger partial charge in [0, 0.05) is 56.6 Å². The van der Waals surface area contributed by atoms with Gasteiger partial charge in [0.1, 0.15) is 23.3 Å². The molecule has 13 aromatic carbocycles. The first-order valence-corrected chi connectivity index (χ1v) is 45.1. The highest BCUT2D eigenvalue weighted by atomic mass is 16.5. The maximum Gasteiger partial charge on any atom is 0.311 e. The Balaban J connectivity index is 0.000000188. The zero-order valence-corrected chi connectivity index (χ0v) is 76.8. The molecular weight excluding hydrogens is 1700 g/mol. The number of amides is 4. The van der Waals surface area contributed by atoms with Crippen LogP contribution in [0, 0.1) is 45.3 Å². The van der Waals surface area contributed by atoms with E-state index in [4.69, 9.17) is 58.8 Å². The highest BCUT2D eigenvalue weighted by molar-refractivity contribution is 5.99. The maximum atomic E-state index is 13.4. The van der Waals surface area contributed by atoms with Gasteiger partial charge in [-0.2, -0.15) is 0 Å². The van der Waals surface area contributed by atoms with E-state index in [-0.39, 0.29) is 65.5 Å². The Bertz CT molecular complexity index is 6140. The van der Waals surface area contributed by atoms with E-state index in [1.54, 1.807) is 110 Å². The average molecular weight is 1820 g/mol. The Labute approximate surface area is 796 Å². The second-order valence-electron chi connectivity index (χ2n) is 32.7. The van der Waals surface area contributed by atoms with Crippen molar-refractivity contribution in [2.45, 2.75) is 89.4 Å². The number of nitrogens with two attached hydrogens (primary N) is 4. The van der Waals surface area contributed by atoms with Gasteiger partial charge < -0.3 is 58.4 Å². The summed E-state index contributed by atoms with van der Waals surface area (Å²) >= 11 is 0. The second-order valence-corrected chi connectivity index (χ2v) is 32.7. The van der Waals surface area contributed by atoms with Crippen molar-refractivity contribution in [1.29, 1.82) is 21.6 Å². The molecule has 22 nitrogen and oxygen atoms in total. The summed E-state index contributed by atoms with van der Waals surface area (Å²) in [5.74, 6) is -3.92. The SMILES string of the molecule is CCOC(=O)C(Cc1cccc(C(=N)N)c1)C(/C=C/c1ccccc1)NC(=O)c1ccccc1.COC(=O)C(Cc1cccc(C(=N)N)c1)C(CCc1ccccc1)NC(=O)c1ccc(-c2ccccc2)cc1.COC(=O)C(Cc1cccc(C(=N)N)c1)C(CCc1ccccc1)NC(=O)c1ccccc1.C[C@H](Cc1cccc(C(=N)N)c1)C(/C=C/c1ccccc1)NC(=O)c1ccccc1. The lowest BCUT2D eigenvalue weighted by atomic mass is 9.87. The minimum absolute atomic E-state index is 0.0375. The maximum absolute atomic E-state index is 13.4. The predicted molar refractivity (Wildman–Crippen MR) is 542 cm³/mol. The van der Waals surface area contributed by atoms with E-state index in [0.29, 0.717) is 89.5 Å². The number of carbonyl (C=O) groups excluding carboxylic acids is 7. The summed E-state index contributed by atoms with van der Waals surface area (Å²) in [4.78, 5) is 91.2. The van der Waals surface area contributed by atoms with E-state index in [1.165, 1.54) is 14.2 Å². The predicted octanol–water partition coefficient (Wildman–Crippen LogP) is 18.0. The molecule has 13 rings (SSSR count). The molecule has 8 atom stereocenters. The van der Waals surface area contributed by atoms with Crippen LogP contribution in [0.3, 0.4) is 0 Å². The Morgan fingerprint density at radius 2 is 0.574 bits per heavy atom. The molecule has 694 valence electrons. The third-order valence-corrected chi connectivity index (χ3v) is 22.8. The van der Waals surface area contributed by atoms with Crippen LogP contribution in [0.25, 0.3) is 23.3 Å². The summed E-state index contributed by atoms with van der Waals surface area (Å²) in [7, 11) is 2.72. The van der Waals surface area contributed by atoms with Gasteiger partial charge in [0.15, 0.2) is 0 Å². The first-order chi connectivity index (χ1) is 65.9. The lowest BCUT2D eigenvalue weighted by molar-refractivity contribution is -0.149. The Morgan fingerprint density at radius 3 is 0.912 bits per heavy atom. The molecule has 0 fully saturated rings. The number of nitrogens with one attached hydrogen (secondary N) is 8. The number of methoxy groups -OCH3 is 2. The molecule has 0 aromatic heterocycles. The molecule has 4 amide bonds. The van der Waals surface area contributed by atoms with E-state index >= 15 is 0 Å². The van der Waals surface area contributed by atoms with Gasteiger partial charge >= 0.3 is 17.9 Å². The van der Waals surface area contributed by atoms with Crippen molar-refractivity contribution in [3.63, 3.8) is 0 Å². The van der Waals surface area contributed by atoms with E-state index in [2.05, 4.69) is 34.3 Å². The van der Waals surface area contributed by atoms with E-state index in [0.717, 1.165) is 62.1 Å². The molecule has 16 N–H and O–H groups in total. The molecule has 0 bridgehead atoms. The van der Waals surface area contributed by atoms with E-state index in [1.807, 2.05) is 279 Å². The number of rotatable bonds is 39. The molecule has 0 radical (unpaired) electrons. The first kappa shape index (κ1) is 102. The van der Waals surface area contributed by atoms with Crippen LogP contribution < -0.4 is 44.2 Å². The van der Waals surface area contributed by atoms with Crippen molar-refractivity contribution in [3.8, 4) is 11.1 Å². The van der Waals surface area contributed by atoms with Crippen LogP contribution in [0.4, 0.5) is 0 Å². The monoisotopic (exact) mass is 1810 g/mol. The van der Waals surface area contributed by atoms with Gasteiger partial charge in [0.2, 0.25) is 0 Å². The number of amidine groups is 4. The van der Waals surface area contributed by atoms with Crippen LogP contribution in [0.5, 0.6) is 0 Å². The first-order valence-electron chi connectivity index (χ1n) is 45.1. The Morgan fingerprint density at radius 1 is 0.301 bits per heavy atom. The average Bonchev–Trinajstić information content (AvgIpc) is 0.844. The van der Waals surface area contributed by atoms with Crippen molar-refractivity contribution in [1.82, 2.24) is 21.3 Å². The highest BCUT2D eigenvalue weighted by Crippen LogP contribution is 2.27. The number of benzene rings is 13. The summed E-state index contributed by atoms with van der Waals surface area (Å²) in [6.07, 6.45) is 12.0. The minimum atomic E-state index is -0.685. The van der Waals surface area contributed by atoms with Gasteiger partial charge in [-0.15, -0.1) is 0 Å². The van der Waals surface area contributed by atoms with Gasteiger partial charge in [-0.25, -0.2) is 0 Å². The number of hydrogen-bond donors (Lipinski definition) is 12. The van der Waals surface area contributed by atoms with Crippen LogP contribution in [-0.4, -0.2) is 110 Å². The molecule has 0 saturated heterocycles. The zero-order chi connectivity index (χ0) is 96.9. The lowest BCUT2D eigenvalue weighted by Crippen LogP contribution is -2.45.